The minimum absolute atomic E-state index is 0.216. The van der Waals surface area contributed by atoms with Gasteiger partial charge in [-0.1, -0.05) is 0 Å². The molecule has 15 heavy (non-hydrogen) atoms. The van der Waals surface area contributed by atoms with Crippen molar-refractivity contribution in [3.63, 3.8) is 0 Å². The molecule has 1 aliphatic heterocycles. The summed E-state index contributed by atoms with van der Waals surface area (Å²) in [6, 6.07) is 2.43. The molecule has 2 unspecified atom stereocenters. The molecule has 1 fully saturated rings. The Morgan fingerprint density at radius 1 is 1.53 bits per heavy atom. The van der Waals surface area contributed by atoms with Crippen LogP contribution in [-0.2, 0) is 0 Å². The summed E-state index contributed by atoms with van der Waals surface area (Å²) in [6.45, 7) is 2.85. The van der Waals surface area contributed by atoms with Crippen LogP contribution in [0.3, 0.4) is 0 Å². The second-order valence-electron chi connectivity index (χ2n) is 3.99. The van der Waals surface area contributed by atoms with Crippen LogP contribution < -0.4 is 11.1 Å². The Kier molecular flexibility index (Phi) is 3.19. The summed E-state index contributed by atoms with van der Waals surface area (Å²) in [4.78, 5) is 8.27. The molecule has 0 radical (unpaired) electrons. The highest BCUT2D eigenvalue weighted by Crippen LogP contribution is 2.22. The van der Waals surface area contributed by atoms with E-state index in [9.17, 15) is 0 Å². The molecule has 3 N–H and O–H groups in total. The molecule has 0 amide bonds. The summed E-state index contributed by atoms with van der Waals surface area (Å²) in [5, 5.41) is 3.70. The third-order valence-electron chi connectivity index (χ3n) is 2.65. The Morgan fingerprint density at radius 3 is 3.00 bits per heavy atom. The van der Waals surface area contributed by atoms with Gasteiger partial charge in [-0.05, 0) is 44.0 Å². The lowest BCUT2D eigenvalue weighted by molar-refractivity contribution is 0.363. The van der Waals surface area contributed by atoms with Crippen molar-refractivity contribution in [2.24, 2.45) is 5.73 Å². The SMILES string of the molecule is Cc1cc(C2CC(N)CCN2)nc(Cl)n1. The number of halogens is 1. The second-order valence-corrected chi connectivity index (χ2v) is 4.33. The predicted molar refractivity (Wildman–Crippen MR) is 59.7 cm³/mol. The number of aryl methyl sites for hydroxylation is 1. The summed E-state index contributed by atoms with van der Waals surface area (Å²) in [6.07, 6.45) is 1.93. The third kappa shape index (κ3) is 2.65. The normalized spacial score (nSPS) is 26.6. The summed E-state index contributed by atoms with van der Waals surface area (Å²) in [5.74, 6) is 0. The first kappa shape index (κ1) is 10.8. The Morgan fingerprint density at radius 2 is 2.33 bits per heavy atom. The molecular formula is C10H15ClN4. The lowest BCUT2D eigenvalue weighted by atomic mass is 9.97. The van der Waals surface area contributed by atoms with Gasteiger partial charge in [-0.2, -0.15) is 0 Å². The molecule has 0 bridgehead atoms. The van der Waals surface area contributed by atoms with Gasteiger partial charge in [-0.15, -0.1) is 0 Å². The Balaban J connectivity index is 2.20. The van der Waals surface area contributed by atoms with Gasteiger partial charge in [0.15, 0.2) is 0 Å². The zero-order valence-electron chi connectivity index (χ0n) is 8.70. The van der Waals surface area contributed by atoms with Gasteiger partial charge in [0.1, 0.15) is 0 Å². The maximum Gasteiger partial charge on any atom is 0.222 e. The Labute approximate surface area is 94.2 Å². The highest BCUT2D eigenvalue weighted by Gasteiger charge is 2.21. The molecule has 0 spiro atoms. The maximum atomic E-state index is 5.92. The van der Waals surface area contributed by atoms with E-state index >= 15 is 0 Å². The fourth-order valence-corrected chi connectivity index (χ4v) is 2.14. The Bertz CT molecular complexity index is 335. The molecule has 2 rings (SSSR count). The van der Waals surface area contributed by atoms with E-state index in [4.69, 9.17) is 17.3 Å². The first-order valence-corrected chi connectivity index (χ1v) is 5.53. The zero-order valence-corrected chi connectivity index (χ0v) is 9.46. The molecule has 1 aliphatic rings. The molecular weight excluding hydrogens is 212 g/mol. The first-order chi connectivity index (χ1) is 7.15. The van der Waals surface area contributed by atoms with Crippen molar-refractivity contribution < 1.29 is 0 Å². The minimum atomic E-state index is 0.216. The van der Waals surface area contributed by atoms with E-state index < -0.39 is 0 Å². The van der Waals surface area contributed by atoms with Crippen molar-refractivity contribution in [3.05, 3.63) is 22.7 Å². The monoisotopic (exact) mass is 226 g/mol. The van der Waals surface area contributed by atoms with Gasteiger partial charge >= 0.3 is 0 Å². The molecule has 0 aromatic carbocycles. The van der Waals surface area contributed by atoms with Crippen LogP contribution in [0.2, 0.25) is 5.28 Å². The van der Waals surface area contributed by atoms with Gasteiger partial charge in [0.2, 0.25) is 5.28 Å². The third-order valence-corrected chi connectivity index (χ3v) is 2.82. The van der Waals surface area contributed by atoms with Crippen LogP contribution in [0.15, 0.2) is 6.07 Å². The Hall–Kier alpha value is -0.710. The molecule has 82 valence electrons. The van der Waals surface area contributed by atoms with E-state index in [1.54, 1.807) is 0 Å². The molecule has 1 aromatic rings. The van der Waals surface area contributed by atoms with Crippen LogP contribution in [0, 0.1) is 6.92 Å². The largest absolute Gasteiger partial charge is 0.328 e. The van der Waals surface area contributed by atoms with E-state index in [0.717, 1.165) is 30.8 Å². The van der Waals surface area contributed by atoms with Gasteiger partial charge in [0.25, 0.3) is 0 Å². The standard InChI is InChI=1S/C10H15ClN4/c1-6-4-9(15-10(11)14-6)8-5-7(12)2-3-13-8/h4,7-8,13H,2-3,5,12H2,1H3. The average molecular weight is 227 g/mol. The lowest BCUT2D eigenvalue weighted by Crippen LogP contribution is -2.39. The van der Waals surface area contributed by atoms with Crippen LogP contribution in [0.1, 0.15) is 30.3 Å². The number of nitrogens with one attached hydrogen (secondary N) is 1. The van der Waals surface area contributed by atoms with Crippen LogP contribution in [0.25, 0.3) is 0 Å². The van der Waals surface area contributed by atoms with Crippen molar-refractivity contribution in [3.8, 4) is 0 Å². The van der Waals surface area contributed by atoms with Gasteiger partial charge in [0.05, 0.1) is 11.7 Å². The molecule has 1 saturated heterocycles. The fourth-order valence-electron chi connectivity index (χ4n) is 1.91. The zero-order chi connectivity index (χ0) is 10.8. The van der Waals surface area contributed by atoms with Crippen LogP contribution in [-0.4, -0.2) is 22.6 Å². The molecule has 0 aliphatic carbocycles. The van der Waals surface area contributed by atoms with E-state index in [1.165, 1.54) is 0 Å². The quantitative estimate of drug-likeness (QED) is 0.707. The van der Waals surface area contributed by atoms with Crippen LogP contribution >= 0.6 is 11.6 Å². The van der Waals surface area contributed by atoms with Crippen molar-refractivity contribution >= 4 is 11.6 Å². The van der Waals surface area contributed by atoms with Crippen molar-refractivity contribution in [2.45, 2.75) is 31.8 Å². The molecule has 1 aromatic heterocycles. The molecule has 0 saturated carbocycles. The average Bonchev–Trinajstić information content (AvgIpc) is 2.16. The topological polar surface area (TPSA) is 63.8 Å². The molecule has 2 heterocycles. The highest BCUT2D eigenvalue weighted by atomic mass is 35.5. The first-order valence-electron chi connectivity index (χ1n) is 5.15. The fraction of sp³-hybridized carbons (Fsp3) is 0.600. The molecule has 4 nitrogen and oxygen atoms in total. The number of nitrogens with zero attached hydrogens (tertiary/aromatic N) is 2. The molecule has 5 heteroatoms. The summed E-state index contributed by atoms with van der Waals surface area (Å²) >= 11 is 5.82. The van der Waals surface area contributed by atoms with E-state index in [2.05, 4.69) is 15.3 Å². The van der Waals surface area contributed by atoms with Gasteiger partial charge in [-0.25, -0.2) is 9.97 Å². The number of hydrogen-bond donors (Lipinski definition) is 2. The molecule has 2 atom stereocenters. The highest BCUT2D eigenvalue weighted by molar-refractivity contribution is 6.28. The van der Waals surface area contributed by atoms with E-state index in [1.807, 2.05) is 13.0 Å². The minimum Gasteiger partial charge on any atom is -0.328 e. The van der Waals surface area contributed by atoms with Gasteiger partial charge in [-0.3, -0.25) is 0 Å². The van der Waals surface area contributed by atoms with E-state index in [-0.39, 0.29) is 12.1 Å². The van der Waals surface area contributed by atoms with Crippen molar-refractivity contribution in [1.29, 1.82) is 0 Å². The smallest absolute Gasteiger partial charge is 0.222 e. The summed E-state index contributed by atoms with van der Waals surface area (Å²) < 4.78 is 0. The second kappa shape index (κ2) is 4.43. The number of aromatic nitrogens is 2. The van der Waals surface area contributed by atoms with Crippen molar-refractivity contribution in [2.75, 3.05) is 6.54 Å². The number of nitrogens with two attached hydrogens (primary N) is 1. The maximum absolute atomic E-state index is 5.92. The number of piperidine rings is 1. The number of hydrogen-bond acceptors (Lipinski definition) is 4. The predicted octanol–water partition coefficient (Wildman–Crippen LogP) is 1.19. The summed E-state index contributed by atoms with van der Waals surface area (Å²) in [5.41, 5.74) is 7.76. The number of rotatable bonds is 1. The van der Waals surface area contributed by atoms with Crippen LogP contribution in [0.4, 0.5) is 0 Å². The van der Waals surface area contributed by atoms with Gasteiger partial charge in [0, 0.05) is 11.7 Å². The summed E-state index contributed by atoms with van der Waals surface area (Å²) in [7, 11) is 0. The van der Waals surface area contributed by atoms with Gasteiger partial charge < -0.3 is 11.1 Å². The van der Waals surface area contributed by atoms with E-state index in [0.29, 0.717) is 5.28 Å². The lowest BCUT2D eigenvalue weighted by Gasteiger charge is -2.27. The van der Waals surface area contributed by atoms with Crippen LogP contribution in [0.5, 0.6) is 0 Å². The van der Waals surface area contributed by atoms with Crippen molar-refractivity contribution in [1.82, 2.24) is 15.3 Å².